The fraction of sp³-hybridized carbons (Fsp3) is 0.308. The van der Waals surface area contributed by atoms with Crippen molar-refractivity contribution in [3.05, 3.63) is 47.5 Å². The lowest BCUT2D eigenvalue weighted by Gasteiger charge is -2.16. The Balaban J connectivity index is 2.00. The highest BCUT2D eigenvalue weighted by Gasteiger charge is 2.14. The van der Waals surface area contributed by atoms with Crippen LogP contribution >= 0.6 is 11.6 Å². The van der Waals surface area contributed by atoms with E-state index < -0.39 is 0 Å². The largest absolute Gasteiger partial charge is 0.491 e. The zero-order valence-corrected chi connectivity index (χ0v) is 11.2. The summed E-state index contributed by atoms with van der Waals surface area (Å²) in [5, 5.41) is 3.90. The van der Waals surface area contributed by atoms with Gasteiger partial charge in [0.15, 0.2) is 0 Å². The molecule has 18 heavy (non-hydrogen) atoms. The van der Waals surface area contributed by atoms with Crippen LogP contribution in [0.5, 0.6) is 5.75 Å². The second kappa shape index (κ2) is 5.89. The Bertz CT molecular complexity index is 495. The molecule has 1 aromatic carbocycles. The quantitative estimate of drug-likeness (QED) is 0.902. The first-order valence-corrected chi connectivity index (χ1v) is 6.11. The summed E-state index contributed by atoms with van der Waals surface area (Å²) in [4.78, 5) is 4.31. The molecule has 5 heteroatoms. The number of hydrogen-bond acceptors (Lipinski definition) is 3. The van der Waals surface area contributed by atoms with Gasteiger partial charge in [-0.05, 0) is 31.3 Å². The van der Waals surface area contributed by atoms with E-state index in [-0.39, 0.29) is 6.04 Å². The number of hydrogen-bond donors (Lipinski definition) is 1. The predicted molar refractivity (Wildman–Crippen MR) is 72.0 cm³/mol. The van der Waals surface area contributed by atoms with Gasteiger partial charge in [0.25, 0.3) is 0 Å². The number of imidazole rings is 1. The summed E-state index contributed by atoms with van der Waals surface area (Å²) in [5.41, 5.74) is 0. The molecule has 2 aromatic rings. The first kappa shape index (κ1) is 12.9. The number of rotatable bonds is 5. The van der Waals surface area contributed by atoms with E-state index in [1.54, 1.807) is 6.20 Å². The van der Waals surface area contributed by atoms with E-state index in [0.717, 1.165) is 11.6 Å². The zero-order valence-electron chi connectivity index (χ0n) is 10.4. The van der Waals surface area contributed by atoms with E-state index in [2.05, 4.69) is 10.3 Å². The van der Waals surface area contributed by atoms with Crippen molar-refractivity contribution in [3.63, 3.8) is 0 Å². The molecule has 0 radical (unpaired) electrons. The maximum atomic E-state index is 5.82. The Kier molecular flexibility index (Phi) is 4.23. The number of nitrogens with zero attached hydrogens (tertiary/aromatic N) is 2. The number of aryl methyl sites for hydroxylation is 1. The average Bonchev–Trinajstić information content (AvgIpc) is 2.79. The Hall–Kier alpha value is -1.52. The Labute approximate surface area is 112 Å². The Morgan fingerprint density at radius 2 is 2.11 bits per heavy atom. The third kappa shape index (κ3) is 3.03. The molecule has 1 aromatic heterocycles. The van der Waals surface area contributed by atoms with Crippen molar-refractivity contribution in [1.82, 2.24) is 14.9 Å². The van der Waals surface area contributed by atoms with Crippen LogP contribution in [-0.2, 0) is 7.05 Å². The van der Waals surface area contributed by atoms with E-state index >= 15 is 0 Å². The summed E-state index contributed by atoms with van der Waals surface area (Å²) >= 11 is 5.82. The minimum Gasteiger partial charge on any atom is -0.491 e. The van der Waals surface area contributed by atoms with Crippen molar-refractivity contribution in [2.45, 2.75) is 6.04 Å². The lowest BCUT2D eigenvalue weighted by Crippen LogP contribution is -2.26. The number of ether oxygens (including phenoxy) is 1. The first-order valence-electron chi connectivity index (χ1n) is 5.73. The number of nitrogens with one attached hydrogen (secondary N) is 1. The van der Waals surface area contributed by atoms with Crippen LogP contribution in [0.25, 0.3) is 0 Å². The molecule has 0 amide bonds. The lowest BCUT2D eigenvalue weighted by atomic mass is 10.3. The van der Waals surface area contributed by atoms with E-state index in [1.807, 2.05) is 49.1 Å². The normalized spacial score (nSPS) is 12.4. The number of likely N-dealkylation sites (N-methyl/N-ethyl adjacent to an activating group) is 1. The van der Waals surface area contributed by atoms with Crippen molar-refractivity contribution < 1.29 is 4.74 Å². The van der Waals surface area contributed by atoms with Gasteiger partial charge in [0, 0.05) is 24.5 Å². The third-order valence-electron chi connectivity index (χ3n) is 2.75. The second-order valence-electron chi connectivity index (χ2n) is 4.00. The van der Waals surface area contributed by atoms with Gasteiger partial charge in [0.2, 0.25) is 0 Å². The number of halogens is 1. The van der Waals surface area contributed by atoms with Gasteiger partial charge in [0.1, 0.15) is 18.2 Å². The SMILES string of the molecule is CNC(COc1ccc(Cl)cc1)c1nccn1C. The molecule has 0 spiro atoms. The molecular weight excluding hydrogens is 250 g/mol. The van der Waals surface area contributed by atoms with Crippen LogP contribution in [0.4, 0.5) is 0 Å². The van der Waals surface area contributed by atoms with Gasteiger partial charge < -0.3 is 14.6 Å². The molecule has 2 rings (SSSR count). The topological polar surface area (TPSA) is 39.1 Å². The Morgan fingerprint density at radius 3 is 2.67 bits per heavy atom. The summed E-state index contributed by atoms with van der Waals surface area (Å²) in [5.74, 6) is 1.75. The fourth-order valence-electron chi connectivity index (χ4n) is 1.71. The van der Waals surface area contributed by atoms with Crippen LogP contribution in [0.1, 0.15) is 11.9 Å². The summed E-state index contributed by atoms with van der Waals surface area (Å²) in [6.07, 6.45) is 3.70. The highest BCUT2D eigenvalue weighted by atomic mass is 35.5. The van der Waals surface area contributed by atoms with Crippen molar-refractivity contribution in [2.75, 3.05) is 13.7 Å². The van der Waals surface area contributed by atoms with Gasteiger partial charge in [-0.3, -0.25) is 0 Å². The van der Waals surface area contributed by atoms with Crippen molar-refractivity contribution in [2.24, 2.45) is 7.05 Å². The molecule has 96 valence electrons. The van der Waals surface area contributed by atoms with E-state index in [1.165, 1.54) is 0 Å². The molecule has 1 N–H and O–H groups in total. The van der Waals surface area contributed by atoms with Gasteiger partial charge in [-0.15, -0.1) is 0 Å². The van der Waals surface area contributed by atoms with Crippen LogP contribution in [-0.4, -0.2) is 23.2 Å². The summed E-state index contributed by atoms with van der Waals surface area (Å²) < 4.78 is 7.70. The van der Waals surface area contributed by atoms with Crippen LogP contribution in [0, 0.1) is 0 Å². The van der Waals surface area contributed by atoms with Gasteiger partial charge in [0.05, 0.1) is 6.04 Å². The van der Waals surface area contributed by atoms with Crippen LogP contribution in [0.15, 0.2) is 36.7 Å². The van der Waals surface area contributed by atoms with Crippen LogP contribution in [0.3, 0.4) is 0 Å². The third-order valence-corrected chi connectivity index (χ3v) is 3.00. The minimum absolute atomic E-state index is 0.0562. The van der Waals surface area contributed by atoms with Gasteiger partial charge >= 0.3 is 0 Å². The van der Waals surface area contributed by atoms with Gasteiger partial charge in [-0.25, -0.2) is 4.98 Å². The first-order chi connectivity index (χ1) is 8.70. The molecule has 0 aliphatic rings. The molecule has 1 atom stereocenters. The zero-order chi connectivity index (χ0) is 13.0. The highest BCUT2D eigenvalue weighted by Crippen LogP contribution is 2.17. The monoisotopic (exact) mass is 265 g/mol. The van der Waals surface area contributed by atoms with Crippen LogP contribution in [0.2, 0.25) is 5.02 Å². The molecule has 0 fully saturated rings. The van der Waals surface area contributed by atoms with Gasteiger partial charge in [-0.1, -0.05) is 11.6 Å². The molecular formula is C13H16ClN3O. The average molecular weight is 266 g/mol. The minimum atomic E-state index is 0.0562. The molecule has 1 unspecified atom stereocenters. The van der Waals surface area contributed by atoms with Crippen molar-refractivity contribution in [3.8, 4) is 5.75 Å². The molecule has 0 aliphatic heterocycles. The summed E-state index contributed by atoms with van der Waals surface area (Å²) in [7, 11) is 3.86. The van der Waals surface area contributed by atoms with E-state index in [9.17, 15) is 0 Å². The molecule has 0 aliphatic carbocycles. The van der Waals surface area contributed by atoms with E-state index in [0.29, 0.717) is 11.6 Å². The van der Waals surface area contributed by atoms with Crippen LogP contribution < -0.4 is 10.1 Å². The molecule has 4 nitrogen and oxygen atoms in total. The lowest BCUT2D eigenvalue weighted by molar-refractivity contribution is 0.265. The predicted octanol–water partition coefficient (Wildman–Crippen LogP) is 2.41. The van der Waals surface area contributed by atoms with Crippen molar-refractivity contribution >= 4 is 11.6 Å². The molecule has 0 bridgehead atoms. The van der Waals surface area contributed by atoms with Gasteiger partial charge in [-0.2, -0.15) is 0 Å². The summed E-state index contributed by atoms with van der Waals surface area (Å²) in [6.45, 7) is 0.517. The van der Waals surface area contributed by atoms with Crippen molar-refractivity contribution in [1.29, 1.82) is 0 Å². The standard InChI is InChI=1S/C13H16ClN3O/c1-15-12(13-16-7-8-17(13)2)9-18-11-5-3-10(14)4-6-11/h3-8,12,15H,9H2,1-2H3. The highest BCUT2D eigenvalue weighted by molar-refractivity contribution is 6.30. The second-order valence-corrected chi connectivity index (χ2v) is 4.44. The molecule has 0 saturated carbocycles. The maximum Gasteiger partial charge on any atom is 0.129 e. The van der Waals surface area contributed by atoms with E-state index in [4.69, 9.17) is 16.3 Å². The fourth-order valence-corrected chi connectivity index (χ4v) is 1.84. The number of benzene rings is 1. The maximum absolute atomic E-state index is 5.82. The number of aromatic nitrogens is 2. The molecule has 0 saturated heterocycles. The molecule has 1 heterocycles. The Morgan fingerprint density at radius 1 is 1.39 bits per heavy atom. The smallest absolute Gasteiger partial charge is 0.129 e. The summed E-state index contributed by atoms with van der Waals surface area (Å²) in [6, 6.07) is 7.39.